The van der Waals surface area contributed by atoms with Gasteiger partial charge in [0.15, 0.2) is 9.84 Å². The number of fused-ring (bicyclic) bond motifs is 1. The molecule has 0 saturated carbocycles. The molecule has 1 atom stereocenters. The van der Waals surface area contributed by atoms with Crippen molar-refractivity contribution in [3.63, 3.8) is 0 Å². The van der Waals surface area contributed by atoms with Gasteiger partial charge in [0.2, 0.25) is 0 Å². The molecule has 1 aliphatic heterocycles. The predicted octanol–water partition coefficient (Wildman–Crippen LogP) is 3.22. The first kappa shape index (κ1) is 16.2. The lowest BCUT2D eigenvalue weighted by atomic mass is 9.99. The largest absolute Gasteiger partial charge is 0.331 e. The summed E-state index contributed by atoms with van der Waals surface area (Å²) in [5.41, 5.74) is 2.47. The topological polar surface area (TPSA) is 54.5 Å². The van der Waals surface area contributed by atoms with Gasteiger partial charge in [-0.05, 0) is 55.0 Å². The number of rotatable bonds is 2. The summed E-state index contributed by atoms with van der Waals surface area (Å²) in [5.74, 6) is -0.0997. The zero-order chi connectivity index (χ0) is 16.8. The smallest absolute Gasteiger partial charge is 0.254 e. The first-order valence-electron chi connectivity index (χ1n) is 7.47. The van der Waals surface area contributed by atoms with Crippen molar-refractivity contribution >= 4 is 27.1 Å². The lowest BCUT2D eigenvalue weighted by Crippen LogP contribution is -2.38. The highest BCUT2D eigenvalue weighted by Gasteiger charge is 2.30. The van der Waals surface area contributed by atoms with Crippen LogP contribution in [0, 0.1) is 6.92 Å². The number of sulfone groups is 1. The van der Waals surface area contributed by atoms with E-state index in [1.165, 1.54) is 16.5 Å². The Morgan fingerprint density at radius 3 is 2.74 bits per heavy atom. The molecular weight excluding hydrogens is 330 g/mol. The third-order valence-corrected chi connectivity index (χ3v) is 6.51. The molecule has 0 N–H and O–H groups in total. The number of thiophene rings is 1. The molecule has 4 nitrogen and oxygen atoms in total. The summed E-state index contributed by atoms with van der Waals surface area (Å²) in [6, 6.07) is 6.85. The highest BCUT2D eigenvalue weighted by atomic mass is 32.2. The summed E-state index contributed by atoms with van der Waals surface area (Å²) < 4.78 is 23.5. The van der Waals surface area contributed by atoms with Gasteiger partial charge in [-0.3, -0.25) is 4.79 Å². The van der Waals surface area contributed by atoms with Crippen LogP contribution in [-0.4, -0.2) is 32.0 Å². The van der Waals surface area contributed by atoms with E-state index in [0.29, 0.717) is 12.1 Å². The first-order valence-corrected chi connectivity index (χ1v) is 10.2. The quantitative estimate of drug-likeness (QED) is 0.836. The molecule has 2 heterocycles. The number of aryl methyl sites for hydroxylation is 1. The number of carbonyl (C=O) groups is 1. The van der Waals surface area contributed by atoms with Gasteiger partial charge < -0.3 is 4.90 Å². The van der Waals surface area contributed by atoms with Gasteiger partial charge in [-0.1, -0.05) is 6.07 Å². The molecule has 23 heavy (non-hydrogen) atoms. The number of carbonyl (C=O) groups excluding carboxylic acids is 1. The lowest BCUT2D eigenvalue weighted by molar-refractivity contribution is 0.0678. The molecular formula is C17H19NO3S2. The maximum Gasteiger partial charge on any atom is 0.254 e. The molecule has 0 bridgehead atoms. The predicted molar refractivity (Wildman–Crippen MR) is 91.8 cm³/mol. The highest BCUT2D eigenvalue weighted by molar-refractivity contribution is 7.90. The minimum Gasteiger partial charge on any atom is -0.331 e. The van der Waals surface area contributed by atoms with Crippen LogP contribution in [-0.2, 0) is 16.3 Å². The van der Waals surface area contributed by atoms with Crippen molar-refractivity contribution in [3.8, 4) is 0 Å². The van der Waals surface area contributed by atoms with Crippen molar-refractivity contribution in [1.29, 1.82) is 0 Å². The van der Waals surface area contributed by atoms with E-state index in [9.17, 15) is 13.2 Å². The van der Waals surface area contributed by atoms with Crippen molar-refractivity contribution in [2.45, 2.75) is 31.2 Å². The number of hydrogen-bond donors (Lipinski definition) is 0. The molecule has 1 aromatic carbocycles. The van der Waals surface area contributed by atoms with Gasteiger partial charge in [-0.15, -0.1) is 11.3 Å². The van der Waals surface area contributed by atoms with E-state index in [1.54, 1.807) is 23.5 Å². The number of benzene rings is 1. The molecule has 0 radical (unpaired) electrons. The van der Waals surface area contributed by atoms with Crippen molar-refractivity contribution in [1.82, 2.24) is 4.90 Å². The van der Waals surface area contributed by atoms with Gasteiger partial charge in [-0.2, -0.15) is 0 Å². The zero-order valence-corrected chi connectivity index (χ0v) is 15.0. The molecule has 3 rings (SSSR count). The molecule has 1 amide bonds. The van der Waals surface area contributed by atoms with Crippen molar-refractivity contribution in [2.75, 3.05) is 12.8 Å². The SMILES string of the molecule is Cc1ccc(S(C)(=O)=O)cc1C(=O)N1CCc2sccc2C1C. The lowest BCUT2D eigenvalue weighted by Gasteiger charge is -2.34. The second-order valence-corrected chi connectivity index (χ2v) is 8.99. The van der Waals surface area contributed by atoms with Gasteiger partial charge in [-0.25, -0.2) is 8.42 Å². The Bertz CT molecular complexity index is 868. The van der Waals surface area contributed by atoms with E-state index >= 15 is 0 Å². The molecule has 1 unspecified atom stereocenters. The Kier molecular flexibility index (Phi) is 4.06. The summed E-state index contributed by atoms with van der Waals surface area (Å²) in [4.78, 5) is 16.3. The molecule has 1 aliphatic rings. The standard InChI is InChI=1S/C17H19NO3S2/c1-11-4-5-13(23(3,20)21)10-15(11)17(19)18-8-6-16-14(12(18)2)7-9-22-16/h4-5,7,9-10,12H,6,8H2,1-3H3. The van der Waals surface area contributed by atoms with E-state index in [4.69, 9.17) is 0 Å². The fourth-order valence-electron chi connectivity index (χ4n) is 3.00. The normalized spacial score (nSPS) is 17.9. The van der Waals surface area contributed by atoms with Crippen LogP contribution in [0.25, 0.3) is 0 Å². The monoisotopic (exact) mass is 349 g/mol. The summed E-state index contributed by atoms with van der Waals surface area (Å²) >= 11 is 1.73. The van der Waals surface area contributed by atoms with Crippen LogP contribution in [0.3, 0.4) is 0 Å². The van der Waals surface area contributed by atoms with Crippen LogP contribution in [0.5, 0.6) is 0 Å². The van der Waals surface area contributed by atoms with E-state index < -0.39 is 9.84 Å². The number of hydrogen-bond acceptors (Lipinski definition) is 4. The summed E-state index contributed by atoms with van der Waals surface area (Å²) in [6.07, 6.45) is 2.01. The van der Waals surface area contributed by atoms with Gasteiger partial charge in [0.1, 0.15) is 0 Å². The van der Waals surface area contributed by atoms with E-state index in [2.05, 4.69) is 11.4 Å². The Balaban J connectivity index is 1.98. The van der Waals surface area contributed by atoms with E-state index in [0.717, 1.165) is 18.2 Å². The van der Waals surface area contributed by atoms with E-state index in [-0.39, 0.29) is 16.8 Å². The Morgan fingerprint density at radius 1 is 1.30 bits per heavy atom. The number of amides is 1. The highest BCUT2D eigenvalue weighted by Crippen LogP contribution is 2.34. The fourth-order valence-corrected chi connectivity index (χ4v) is 4.61. The van der Waals surface area contributed by atoms with Gasteiger partial charge in [0, 0.05) is 23.2 Å². The van der Waals surface area contributed by atoms with Gasteiger partial charge >= 0.3 is 0 Å². The Hall–Kier alpha value is -1.66. The molecule has 6 heteroatoms. The average Bonchev–Trinajstić information content (AvgIpc) is 2.95. The number of nitrogens with zero attached hydrogens (tertiary/aromatic N) is 1. The van der Waals surface area contributed by atoms with Crippen LogP contribution in [0.4, 0.5) is 0 Å². The Morgan fingerprint density at radius 2 is 2.04 bits per heavy atom. The molecule has 2 aromatic rings. The van der Waals surface area contributed by atoms with E-state index in [1.807, 2.05) is 18.7 Å². The summed E-state index contributed by atoms with van der Waals surface area (Å²) in [7, 11) is -3.33. The van der Waals surface area contributed by atoms with Crippen molar-refractivity contribution in [3.05, 3.63) is 51.2 Å². The Labute approximate surface area is 140 Å². The van der Waals surface area contributed by atoms with Crippen LogP contribution in [0.2, 0.25) is 0 Å². The van der Waals surface area contributed by atoms with Gasteiger partial charge in [0.05, 0.1) is 10.9 Å². The molecule has 0 fully saturated rings. The minimum atomic E-state index is -3.33. The summed E-state index contributed by atoms with van der Waals surface area (Å²) in [5, 5.41) is 2.06. The fraction of sp³-hybridized carbons (Fsp3) is 0.353. The third kappa shape index (κ3) is 2.93. The van der Waals surface area contributed by atoms with Crippen molar-refractivity contribution < 1.29 is 13.2 Å². The zero-order valence-electron chi connectivity index (χ0n) is 13.4. The van der Waals surface area contributed by atoms with Crippen LogP contribution in [0.1, 0.15) is 39.3 Å². The molecule has 0 aliphatic carbocycles. The minimum absolute atomic E-state index is 0.0128. The van der Waals surface area contributed by atoms with Crippen LogP contribution >= 0.6 is 11.3 Å². The maximum atomic E-state index is 13.0. The maximum absolute atomic E-state index is 13.0. The first-order chi connectivity index (χ1) is 10.8. The molecule has 1 aromatic heterocycles. The molecule has 122 valence electrons. The van der Waals surface area contributed by atoms with Crippen LogP contribution in [0.15, 0.2) is 34.5 Å². The third-order valence-electron chi connectivity index (χ3n) is 4.41. The molecule has 0 saturated heterocycles. The molecule has 0 spiro atoms. The van der Waals surface area contributed by atoms with Crippen LogP contribution < -0.4 is 0 Å². The average molecular weight is 349 g/mol. The van der Waals surface area contributed by atoms with Crippen molar-refractivity contribution in [2.24, 2.45) is 0 Å². The second kappa shape index (κ2) is 5.76. The summed E-state index contributed by atoms with van der Waals surface area (Å²) in [6.45, 7) is 4.53. The van der Waals surface area contributed by atoms with Gasteiger partial charge in [0.25, 0.3) is 5.91 Å². The second-order valence-electron chi connectivity index (χ2n) is 5.97.